The first-order chi connectivity index (χ1) is 9.45. The predicted octanol–water partition coefficient (Wildman–Crippen LogP) is 5.59. The van der Waals surface area contributed by atoms with Crippen LogP contribution in [-0.2, 0) is 0 Å². The average molecular weight is 323 g/mol. The molecule has 0 amide bonds. The minimum atomic E-state index is 0.444. The normalized spacial score (nSPS) is 11.2. The Kier molecular flexibility index (Phi) is 3.44. The zero-order valence-electron chi connectivity index (χ0n) is 11.3. The second-order valence-electron chi connectivity index (χ2n) is 4.83. The molecule has 0 fully saturated rings. The molecule has 0 aliphatic rings. The molecule has 2 nitrogen and oxygen atoms in total. The first-order valence-corrected chi connectivity index (χ1v) is 7.74. The number of aromatic nitrogens is 2. The smallest absolute Gasteiger partial charge is 0.171 e. The van der Waals surface area contributed by atoms with Gasteiger partial charge < -0.3 is 0 Å². The monoisotopic (exact) mass is 322 g/mol. The highest BCUT2D eigenvalue weighted by Gasteiger charge is 2.13. The van der Waals surface area contributed by atoms with Gasteiger partial charge in [-0.25, -0.2) is 9.97 Å². The fourth-order valence-electron chi connectivity index (χ4n) is 2.08. The summed E-state index contributed by atoms with van der Waals surface area (Å²) in [5, 5.41) is 1.85. The van der Waals surface area contributed by atoms with Crippen LogP contribution in [0.3, 0.4) is 0 Å². The molecule has 0 spiro atoms. The molecule has 0 saturated heterocycles. The van der Waals surface area contributed by atoms with Crippen molar-refractivity contribution in [2.75, 3.05) is 0 Å². The standard InChI is InChI=1S/C15H12Cl2N2S/c1-7-4-10-13(11(16)5-7)18-15(19-14(10)17)12-6-8(2)9(3)20-12/h4-6H,1-3H3. The Morgan fingerprint density at radius 3 is 2.40 bits per heavy atom. The molecule has 0 saturated carbocycles. The van der Waals surface area contributed by atoms with E-state index in [1.165, 1.54) is 10.4 Å². The number of rotatable bonds is 1. The van der Waals surface area contributed by atoms with Crippen LogP contribution in [-0.4, -0.2) is 9.97 Å². The van der Waals surface area contributed by atoms with Gasteiger partial charge in [-0.1, -0.05) is 23.2 Å². The quantitative estimate of drug-likeness (QED) is 0.546. The zero-order valence-corrected chi connectivity index (χ0v) is 13.6. The van der Waals surface area contributed by atoms with Crippen LogP contribution in [0.25, 0.3) is 21.6 Å². The summed E-state index contributed by atoms with van der Waals surface area (Å²) in [6.45, 7) is 6.14. The Labute approximate surface area is 131 Å². The highest BCUT2D eigenvalue weighted by atomic mass is 35.5. The maximum absolute atomic E-state index is 6.30. The van der Waals surface area contributed by atoms with Gasteiger partial charge in [0.2, 0.25) is 0 Å². The van der Waals surface area contributed by atoms with Crippen LogP contribution in [0.1, 0.15) is 16.0 Å². The minimum Gasteiger partial charge on any atom is -0.226 e. The molecule has 2 heterocycles. The number of halogens is 2. The summed E-state index contributed by atoms with van der Waals surface area (Å²) >= 11 is 14.2. The number of hydrogen-bond acceptors (Lipinski definition) is 3. The molecule has 0 N–H and O–H groups in total. The molecule has 0 aliphatic carbocycles. The van der Waals surface area contributed by atoms with Crippen molar-refractivity contribution in [2.24, 2.45) is 0 Å². The van der Waals surface area contributed by atoms with E-state index in [2.05, 4.69) is 29.9 Å². The summed E-state index contributed by atoms with van der Waals surface area (Å²) in [5.41, 5.74) is 2.99. The third-order valence-electron chi connectivity index (χ3n) is 3.24. The Balaban J connectivity index is 2.29. The van der Waals surface area contributed by atoms with Crippen molar-refractivity contribution in [1.29, 1.82) is 0 Å². The van der Waals surface area contributed by atoms with Crippen molar-refractivity contribution in [3.8, 4) is 10.7 Å². The van der Waals surface area contributed by atoms with Crippen molar-refractivity contribution in [2.45, 2.75) is 20.8 Å². The van der Waals surface area contributed by atoms with E-state index in [-0.39, 0.29) is 0 Å². The molecule has 3 rings (SSSR count). The van der Waals surface area contributed by atoms with E-state index in [1.807, 2.05) is 19.1 Å². The summed E-state index contributed by atoms with van der Waals surface area (Å²) in [4.78, 5) is 11.3. The summed E-state index contributed by atoms with van der Waals surface area (Å²) < 4.78 is 0. The van der Waals surface area contributed by atoms with Crippen molar-refractivity contribution in [3.63, 3.8) is 0 Å². The van der Waals surface area contributed by atoms with Gasteiger partial charge in [-0.3, -0.25) is 0 Å². The van der Waals surface area contributed by atoms with Crippen LogP contribution >= 0.6 is 34.5 Å². The predicted molar refractivity (Wildman–Crippen MR) is 87.1 cm³/mol. The Morgan fingerprint density at radius 1 is 1.00 bits per heavy atom. The highest BCUT2D eigenvalue weighted by molar-refractivity contribution is 7.15. The summed E-state index contributed by atoms with van der Waals surface area (Å²) in [6.07, 6.45) is 0. The van der Waals surface area contributed by atoms with Gasteiger partial charge in [0.15, 0.2) is 5.82 Å². The van der Waals surface area contributed by atoms with E-state index in [0.717, 1.165) is 15.8 Å². The number of aryl methyl sites for hydroxylation is 3. The maximum Gasteiger partial charge on any atom is 0.171 e. The van der Waals surface area contributed by atoms with Gasteiger partial charge in [0.25, 0.3) is 0 Å². The lowest BCUT2D eigenvalue weighted by Crippen LogP contribution is -1.92. The van der Waals surface area contributed by atoms with Gasteiger partial charge in [-0.05, 0) is 50.1 Å². The second kappa shape index (κ2) is 4.99. The Morgan fingerprint density at radius 2 is 1.75 bits per heavy atom. The third kappa shape index (κ3) is 2.30. The van der Waals surface area contributed by atoms with Gasteiger partial charge >= 0.3 is 0 Å². The summed E-state index contributed by atoms with van der Waals surface area (Å²) in [7, 11) is 0. The lowest BCUT2D eigenvalue weighted by molar-refractivity contribution is 1.23. The van der Waals surface area contributed by atoms with E-state index >= 15 is 0 Å². The Hall–Kier alpha value is -1.16. The molecule has 1 aromatic carbocycles. The lowest BCUT2D eigenvalue weighted by atomic mass is 10.1. The SMILES string of the molecule is Cc1cc(Cl)c2nc(-c3cc(C)c(C)s3)nc(Cl)c2c1. The van der Waals surface area contributed by atoms with Crippen molar-refractivity contribution in [3.05, 3.63) is 44.4 Å². The molecule has 20 heavy (non-hydrogen) atoms. The van der Waals surface area contributed by atoms with Crippen molar-refractivity contribution < 1.29 is 0 Å². The number of nitrogens with zero attached hydrogens (tertiary/aromatic N) is 2. The molecule has 0 unspecified atom stereocenters. The topological polar surface area (TPSA) is 25.8 Å². The molecule has 102 valence electrons. The molecule has 2 aromatic heterocycles. The summed E-state index contributed by atoms with van der Waals surface area (Å²) in [5.74, 6) is 0.634. The van der Waals surface area contributed by atoms with Crippen LogP contribution < -0.4 is 0 Å². The van der Waals surface area contributed by atoms with Gasteiger partial charge in [0, 0.05) is 10.3 Å². The van der Waals surface area contributed by atoms with Gasteiger partial charge in [-0.2, -0.15) is 0 Å². The first-order valence-electron chi connectivity index (χ1n) is 6.16. The number of fused-ring (bicyclic) bond motifs is 1. The van der Waals surface area contributed by atoms with Crippen molar-refractivity contribution >= 4 is 45.4 Å². The van der Waals surface area contributed by atoms with Crippen LogP contribution in [0.15, 0.2) is 18.2 Å². The molecule has 0 aliphatic heterocycles. The number of benzene rings is 1. The minimum absolute atomic E-state index is 0.444. The van der Waals surface area contributed by atoms with Crippen LogP contribution in [0.2, 0.25) is 10.2 Å². The van der Waals surface area contributed by atoms with Gasteiger partial charge in [0.05, 0.1) is 15.4 Å². The fraction of sp³-hybridized carbons (Fsp3) is 0.200. The summed E-state index contributed by atoms with van der Waals surface area (Å²) in [6, 6.07) is 5.93. The van der Waals surface area contributed by atoms with Crippen LogP contribution in [0, 0.1) is 20.8 Å². The van der Waals surface area contributed by atoms with Gasteiger partial charge in [0.1, 0.15) is 5.15 Å². The second-order valence-corrected chi connectivity index (χ2v) is 6.85. The molecule has 0 bridgehead atoms. The molecule has 3 aromatic rings. The first kappa shape index (κ1) is 13.8. The zero-order chi connectivity index (χ0) is 14.4. The van der Waals surface area contributed by atoms with E-state index in [0.29, 0.717) is 21.5 Å². The molecular formula is C15H12Cl2N2S. The van der Waals surface area contributed by atoms with E-state index < -0.39 is 0 Å². The van der Waals surface area contributed by atoms with E-state index in [9.17, 15) is 0 Å². The molecular weight excluding hydrogens is 311 g/mol. The largest absolute Gasteiger partial charge is 0.226 e. The molecule has 0 atom stereocenters. The average Bonchev–Trinajstić information content (AvgIpc) is 2.71. The van der Waals surface area contributed by atoms with Crippen LogP contribution in [0.5, 0.6) is 0 Å². The van der Waals surface area contributed by atoms with Crippen LogP contribution in [0.4, 0.5) is 0 Å². The van der Waals surface area contributed by atoms with E-state index in [1.54, 1.807) is 11.3 Å². The number of thiophene rings is 1. The highest BCUT2D eigenvalue weighted by Crippen LogP contribution is 2.33. The van der Waals surface area contributed by atoms with Crippen molar-refractivity contribution in [1.82, 2.24) is 9.97 Å². The number of hydrogen-bond donors (Lipinski definition) is 0. The fourth-order valence-corrected chi connectivity index (χ4v) is 3.59. The molecule has 0 radical (unpaired) electrons. The maximum atomic E-state index is 6.30. The van der Waals surface area contributed by atoms with Gasteiger partial charge in [-0.15, -0.1) is 11.3 Å². The molecule has 5 heteroatoms. The third-order valence-corrected chi connectivity index (χ3v) is 4.96. The Bertz CT molecular complexity index is 805. The van der Waals surface area contributed by atoms with E-state index in [4.69, 9.17) is 23.2 Å². The lowest BCUT2D eigenvalue weighted by Gasteiger charge is -2.06.